The number of imidazole rings is 1. The number of aromatic nitrogens is 3. The van der Waals surface area contributed by atoms with Crippen molar-refractivity contribution in [3.8, 4) is 0 Å². The Bertz CT molecular complexity index is 473. The molecule has 1 unspecified atom stereocenters. The van der Waals surface area contributed by atoms with E-state index in [1.54, 1.807) is 6.20 Å². The van der Waals surface area contributed by atoms with Crippen molar-refractivity contribution in [1.82, 2.24) is 19.9 Å². The lowest BCUT2D eigenvalue weighted by atomic mass is 10.2. The monoisotopic (exact) mass is 204 g/mol. The van der Waals surface area contributed by atoms with Gasteiger partial charge in [-0.05, 0) is 6.92 Å². The van der Waals surface area contributed by atoms with Gasteiger partial charge in [0, 0.05) is 13.1 Å². The first kappa shape index (κ1) is 8.67. The molecule has 0 fully saturated rings. The zero-order valence-corrected chi connectivity index (χ0v) is 8.47. The fourth-order valence-electron chi connectivity index (χ4n) is 1.91. The summed E-state index contributed by atoms with van der Waals surface area (Å²) in [7, 11) is 0. The maximum Gasteiger partial charge on any atom is 0.217 e. The van der Waals surface area contributed by atoms with E-state index in [0.717, 1.165) is 24.5 Å². The smallest absolute Gasteiger partial charge is 0.217 e. The van der Waals surface area contributed by atoms with Crippen LogP contribution in [-0.2, 0) is 6.54 Å². The van der Waals surface area contributed by atoms with Crippen molar-refractivity contribution >= 4 is 0 Å². The highest BCUT2D eigenvalue weighted by Crippen LogP contribution is 2.23. The zero-order chi connectivity index (χ0) is 10.3. The average molecular weight is 204 g/mol. The largest absolute Gasteiger partial charge is 0.444 e. The molecule has 0 saturated carbocycles. The Morgan fingerprint density at radius 1 is 1.53 bits per heavy atom. The van der Waals surface area contributed by atoms with Crippen LogP contribution >= 0.6 is 0 Å². The molecular weight excluding hydrogens is 192 g/mol. The number of hydrogen-bond donors (Lipinski definition) is 1. The molecule has 0 saturated heterocycles. The molecule has 0 aliphatic carbocycles. The van der Waals surface area contributed by atoms with Crippen LogP contribution in [0.2, 0.25) is 0 Å². The van der Waals surface area contributed by atoms with Gasteiger partial charge < -0.3 is 8.98 Å². The Kier molecular flexibility index (Phi) is 1.85. The lowest BCUT2D eigenvalue weighted by Gasteiger charge is -2.22. The highest BCUT2D eigenvalue weighted by Gasteiger charge is 2.25. The van der Waals surface area contributed by atoms with Crippen LogP contribution in [0.1, 0.15) is 23.4 Å². The molecule has 1 atom stereocenters. The molecule has 0 amide bonds. The summed E-state index contributed by atoms with van der Waals surface area (Å²) >= 11 is 0. The number of nitrogens with one attached hydrogen (secondary N) is 1. The molecule has 1 aliphatic heterocycles. The van der Waals surface area contributed by atoms with E-state index in [1.807, 2.05) is 19.4 Å². The number of oxazole rings is 1. The van der Waals surface area contributed by atoms with Crippen LogP contribution in [0.5, 0.6) is 0 Å². The Balaban J connectivity index is 2.02. The van der Waals surface area contributed by atoms with Crippen LogP contribution in [0.25, 0.3) is 0 Å². The summed E-state index contributed by atoms with van der Waals surface area (Å²) < 4.78 is 7.66. The Morgan fingerprint density at radius 3 is 3.27 bits per heavy atom. The molecule has 0 bridgehead atoms. The minimum atomic E-state index is 0.0370. The van der Waals surface area contributed by atoms with Gasteiger partial charge in [0.05, 0.1) is 24.4 Å². The van der Waals surface area contributed by atoms with Gasteiger partial charge in [0.2, 0.25) is 5.89 Å². The first-order valence-electron chi connectivity index (χ1n) is 5.00. The van der Waals surface area contributed by atoms with Crippen molar-refractivity contribution in [2.24, 2.45) is 0 Å². The van der Waals surface area contributed by atoms with Gasteiger partial charge in [0.25, 0.3) is 0 Å². The first-order valence-corrected chi connectivity index (χ1v) is 5.00. The molecule has 0 spiro atoms. The van der Waals surface area contributed by atoms with Crippen LogP contribution in [-0.4, -0.2) is 21.1 Å². The molecule has 0 radical (unpaired) electrons. The van der Waals surface area contributed by atoms with Gasteiger partial charge >= 0.3 is 0 Å². The standard InChI is InChI=1S/C10H12N4O/c1-7-4-13-10(15-7)9-8-5-11-6-14(8)3-2-12-9/h4-6,9,12H,2-3H2,1H3. The van der Waals surface area contributed by atoms with E-state index in [2.05, 4.69) is 19.9 Å². The summed E-state index contributed by atoms with van der Waals surface area (Å²) in [6.45, 7) is 3.76. The Labute approximate surface area is 87.1 Å². The predicted molar refractivity (Wildman–Crippen MR) is 53.3 cm³/mol. The molecule has 15 heavy (non-hydrogen) atoms. The summed E-state index contributed by atoms with van der Waals surface area (Å²) in [6.07, 6.45) is 5.45. The fourth-order valence-corrected chi connectivity index (χ4v) is 1.91. The molecule has 5 nitrogen and oxygen atoms in total. The third-order valence-electron chi connectivity index (χ3n) is 2.63. The van der Waals surface area contributed by atoms with Crippen LogP contribution < -0.4 is 5.32 Å². The second-order valence-corrected chi connectivity index (χ2v) is 3.71. The summed E-state index contributed by atoms with van der Waals surface area (Å²) in [6, 6.07) is 0.0370. The van der Waals surface area contributed by atoms with Crippen molar-refractivity contribution in [3.63, 3.8) is 0 Å². The lowest BCUT2D eigenvalue weighted by molar-refractivity contribution is 0.376. The number of hydrogen-bond acceptors (Lipinski definition) is 4. The molecule has 2 aromatic heterocycles. The third-order valence-corrected chi connectivity index (χ3v) is 2.63. The lowest BCUT2D eigenvalue weighted by Crippen LogP contribution is -2.33. The quantitative estimate of drug-likeness (QED) is 0.749. The van der Waals surface area contributed by atoms with Gasteiger partial charge in [0.15, 0.2) is 0 Å². The van der Waals surface area contributed by atoms with Crippen molar-refractivity contribution < 1.29 is 4.42 Å². The molecule has 2 aromatic rings. The van der Waals surface area contributed by atoms with E-state index in [4.69, 9.17) is 4.42 Å². The van der Waals surface area contributed by atoms with Crippen molar-refractivity contribution in [2.75, 3.05) is 6.54 Å². The number of nitrogens with zero attached hydrogens (tertiary/aromatic N) is 3. The van der Waals surface area contributed by atoms with Crippen molar-refractivity contribution in [1.29, 1.82) is 0 Å². The predicted octanol–water partition coefficient (Wildman–Crippen LogP) is 0.872. The highest BCUT2D eigenvalue weighted by atomic mass is 16.4. The van der Waals surface area contributed by atoms with E-state index < -0.39 is 0 Å². The van der Waals surface area contributed by atoms with Crippen LogP contribution in [0.3, 0.4) is 0 Å². The van der Waals surface area contributed by atoms with Gasteiger partial charge in [0.1, 0.15) is 11.8 Å². The Morgan fingerprint density at radius 2 is 2.47 bits per heavy atom. The second kappa shape index (κ2) is 3.20. The number of rotatable bonds is 1. The van der Waals surface area contributed by atoms with Crippen LogP contribution in [0.15, 0.2) is 23.1 Å². The fraction of sp³-hybridized carbons (Fsp3) is 0.400. The molecule has 0 aromatic carbocycles. The van der Waals surface area contributed by atoms with Gasteiger partial charge in [-0.3, -0.25) is 5.32 Å². The van der Waals surface area contributed by atoms with Gasteiger partial charge in [-0.25, -0.2) is 9.97 Å². The molecule has 78 valence electrons. The van der Waals surface area contributed by atoms with Gasteiger partial charge in [-0.15, -0.1) is 0 Å². The normalized spacial score (nSPS) is 20.2. The third kappa shape index (κ3) is 1.35. The maximum atomic E-state index is 5.53. The van der Waals surface area contributed by atoms with Crippen molar-refractivity contribution in [3.05, 3.63) is 36.1 Å². The molecule has 3 rings (SSSR count). The first-order chi connectivity index (χ1) is 7.34. The van der Waals surface area contributed by atoms with Gasteiger partial charge in [-0.1, -0.05) is 0 Å². The molecule has 1 N–H and O–H groups in total. The molecule has 5 heteroatoms. The van der Waals surface area contributed by atoms with E-state index in [9.17, 15) is 0 Å². The summed E-state index contributed by atoms with van der Waals surface area (Å²) in [4.78, 5) is 8.39. The van der Waals surface area contributed by atoms with Crippen LogP contribution in [0, 0.1) is 6.92 Å². The maximum absolute atomic E-state index is 5.53. The summed E-state index contributed by atoms with van der Waals surface area (Å²) in [5, 5.41) is 3.37. The SMILES string of the molecule is Cc1cnc(C2NCCn3cncc32)o1. The van der Waals surface area contributed by atoms with Crippen LogP contribution in [0.4, 0.5) is 0 Å². The molecule has 3 heterocycles. The minimum absolute atomic E-state index is 0.0370. The Hall–Kier alpha value is -1.62. The zero-order valence-electron chi connectivity index (χ0n) is 8.47. The van der Waals surface area contributed by atoms with Gasteiger partial charge in [-0.2, -0.15) is 0 Å². The number of aryl methyl sites for hydroxylation is 1. The van der Waals surface area contributed by atoms with E-state index in [-0.39, 0.29) is 6.04 Å². The average Bonchev–Trinajstić information content (AvgIpc) is 2.84. The van der Waals surface area contributed by atoms with E-state index in [0.29, 0.717) is 5.89 Å². The molecule has 1 aliphatic rings. The minimum Gasteiger partial charge on any atom is -0.444 e. The topological polar surface area (TPSA) is 55.9 Å². The summed E-state index contributed by atoms with van der Waals surface area (Å²) in [5.74, 6) is 1.55. The van der Waals surface area contributed by atoms with E-state index >= 15 is 0 Å². The van der Waals surface area contributed by atoms with Crippen molar-refractivity contribution in [2.45, 2.75) is 19.5 Å². The highest BCUT2D eigenvalue weighted by molar-refractivity contribution is 5.16. The summed E-state index contributed by atoms with van der Waals surface area (Å²) in [5.41, 5.74) is 1.11. The number of fused-ring (bicyclic) bond motifs is 1. The molecular formula is C10H12N4O. The van der Waals surface area contributed by atoms with E-state index in [1.165, 1.54) is 0 Å². The second-order valence-electron chi connectivity index (χ2n) is 3.71.